The summed E-state index contributed by atoms with van der Waals surface area (Å²) in [5.41, 5.74) is 8.80. The number of carboxylic acid groups (broad SMARTS) is 1. The second kappa shape index (κ2) is 8.35. The Morgan fingerprint density at radius 1 is 1.22 bits per heavy atom. The van der Waals surface area contributed by atoms with Gasteiger partial charge in [-0.05, 0) is 54.3 Å². The van der Waals surface area contributed by atoms with Crippen LogP contribution in [0.25, 0.3) is 5.57 Å². The lowest BCUT2D eigenvalue weighted by atomic mass is 9.79. The molecule has 0 radical (unpaired) electrons. The van der Waals surface area contributed by atoms with Crippen molar-refractivity contribution in [2.45, 2.75) is 45.1 Å². The van der Waals surface area contributed by atoms with Crippen LogP contribution in [-0.2, 0) is 14.4 Å². The van der Waals surface area contributed by atoms with Crippen molar-refractivity contribution < 1.29 is 19.5 Å². The molecule has 2 heterocycles. The van der Waals surface area contributed by atoms with E-state index in [9.17, 15) is 19.5 Å². The number of carbonyl (C=O) groups excluding carboxylic acids is 2. The van der Waals surface area contributed by atoms with Gasteiger partial charge in [0.05, 0.1) is 5.92 Å². The van der Waals surface area contributed by atoms with Gasteiger partial charge >= 0.3 is 5.97 Å². The van der Waals surface area contributed by atoms with E-state index in [2.05, 4.69) is 44.2 Å². The van der Waals surface area contributed by atoms with Gasteiger partial charge in [-0.3, -0.25) is 19.3 Å². The highest BCUT2D eigenvalue weighted by atomic mass is 16.4. The highest BCUT2D eigenvalue weighted by Gasteiger charge is 2.63. The first-order valence-electron chi connectivity index (χ1n) is 11.4. The third-order valence-corrected chi connectivity index (χ3v) is 7.60. The van der Waals surface area contributed by atoms with Gasteiger partial charge in [-0.1, -0.05) is 44.2 Å². The number of primary amides is 1. The van der Waals surface area contributed by atoms with Gasteiger partial charge in [-0.15, -0.1) is 0 Å². The van der Waals surface area contributed by atoms with Crippen molar-refractivity contribution in [2.24, 2.45) is 23.0 Å². The minimum atomic E-state index is -0.983. The Hall–Kier alpha value is -2.67. The van der Waals surface area contributed by atoms with E-state index in [0.717, 1.165) is 6.42 Å². The van der Waals surface area contributed by atoms with E-state index < -0.39 is 23.3 Å². The quantitative estimate of drug-likeness (QED) is 0.733. The maximum Gasteiger partial charge on any atom is 0.308 e. The molecule has 2 amide bonds. The van der Waals surface area contributed by atoms with Crippen molar-refractivity contribution >= 4 is 23.4 Å². The van der Waals surface area contributed by atoms with Crippen LogP contribution in [-0.4, -0.2) is 65.4 Å². The Morgan fingerprint density at radius 2 is 1.97 bits per heavy atom. The molecular weight excluding hydrogens is 406 g/mol. The third-order valence-electron chi connectivity index (χ3n) is 7.60. The molecule has 172 valence electrons. The largest absolute Gasteiger partial charge is 0.481 e. The SMILES string of the molecule is CC(C)c1cccc(C2=CCN(C(=O)C3C(C(=O)O)CC4(CC4C(N)=O)CN3C)CC2)c1. The van der Waals surface area contributed by atoms with Gasteiger partial charge in [-0.25, -0.2) is 0 Å². The Balaban J connectivity index is 1.48. The number of likely N-dealkylation sites (tertiary alicyclic amines) is 1. The Kier molecular flexibility index (Phi) is 5.88. The molecule has 4 atom stereocenters. The van der Waals surface area contributed by atoms with Crippen molar-refractivity contribution in [3.63, 3.8) is 0 Å². The lowest BCUT2D eigenvalue weighted by Crippen LogP contribution is -2.58. The minimum absolute atomic E-state index is 0.141. The smallest absolute Gasteiger partial charge is 0.308 e. The van der Waals surface area contributed by atoms with Crippen LogP contribution in [0, 0.1) is 17.3 Å². The molecule has 0 bridgehead atoms. The van der Waals surface area contributed by atoms with E-state index in [4.69, 9.17) is 5.73 Å². The maximum absolute atomic E-state index is 13.4. The number of nitrogens with two attached hydrogens (primary N) is 1. The van der Waals surface area contributed by atoms with Gasteiger partial charge in [-0.2, -0.15) is 0 Å². The predicted octanol–water partition coefficient (Wildman–Crippen LogP) is 2.32. The molecule has 2 fully saturated rings. The number of nitrogens with zero attached hydrogens (tertiary/aromatic N) is 2. The predicted molar refractivity (Wildman–Crippen MR) is 122 cm³/mol. The van der Waals surface area contributed by atoms with E-state index in [1.54, 1.807) is 11.9 Å². The van der Waals surface area contributed by atoms with Crippen LogP contribution in [0.3, 0.4) is 0 Å². The summed E-state index contributed by atoms with van der Waals surface area (Å²) >= 11 is 0. The number of hydrogen-bond acceptors (Lipinski definition) is 4. The minimum Gasteiger partial charge on any atom is -0.481 e. The average molecular weight is 440 g/mol. The molecule has 7 nitrogen and oxygen atoms in total. The number of piperidine rings is 1. The van der Waals surface area contributed by atoms with Gasteiger partial charge in [0.15, 0.2) is 0 Å². The van der Waals surface area contributed by atoms with Crippen molar-refractivity contribution in [1.29, 1.82) is 0 Å². The molecule has 1 saturated heterocycles. The van der Waals surface area contributed by atoms with Gasteiger partial charge in [0, 0.05) is 25.6 Å². The number of hydrogen-bond donors (Lipinski definition) is 2. The molecule has 1 spiro atoms. The van der Waals surface area contributed by atoms with Crippen LogP contribution in [0.15, 0.2) is 30.3 Å². The monoisotopic (exact) mass is 439 g/mol. The highest BCUT2D eigenvalue weighted by molar-refractivity contribution is 5.89. The Labute approximate surface area is 189 Å². The summed E-state index contributed by atoms with van der Waals surface area (Å²) in [5.74, 6) is -2.16. The first-order chi connectivity index (χ1) is 15.1. The third kappa shape index (κ3) is 4.06. The zero-order valence-corrected chi connectivity index (χ0v) is 19.1. The molecule has 1 saturated carbocycles. The molecule has 1 aliphatic carbocycles. The molecule has 32 heavy (non-hydrogen) atoms. The molecular formula is C25H33N3O4. The van der Waals surface area contributed by atoms with Gasteiger partial charge in [0.2, 0.25) is 11.8 Å². The molecule has 3 N–H and O–H groups in total. The zero-order valence-electron chi connectivity index (χ0n) is 19.1. The Bertz CT molecular complexity index is 972. The van der Waals surface area contributed by atoms with E-state index in [1.807, 2.05) is 4.90 Å². The summed E-state index contributed by atoms with van der Waals surface area (Å²) < 4.78 is 0. The molecule has 3 aliphatic rings. The van der Waals surface area contributed by atoms with Gasteiger partial charge in [0.1, 0.15) is 6.04 Å². The number of carboxylic acids is 1. The van der Waals surface area contributed by atoms with Crippen molar-refractivity contribution in [1.82, 2.24) is 9.80 Å². The van der Waals surface area contributed by atoms with E-state index in [-0.39, 0.29) is 17.7 Å². The summed E-state index contributed by atoms with van der Waals surface area (Å²) in [6.45, 7) is 5.92. The number of benzene rings is 1. The Morgan fingerprint density at radius 3 is 2.53 bits per heavy atom. The number of likely N-dealkylation sites (N-methyl/N-ethyl adjacent to an activating group) is 1. The summed E-state index contributed by atoms with van der Waals surface area (Å²) in [7, 11) is 1.79. The van der Waals surface area contributed by atoms with Gasteiger partial charge < -0.3 is 15.7 Å². The van der Waals surface area contributed by atoms with Crippen molar-refractivity contribution in [2.75, 3.05) is 26.7 Å². The summed E-state index contributed by atoms with van der Waals surface area (Å²) in [5, 5.41) is 9.89. The van der Waals surface area contributed by atoms with Crippen LogP contribution in [0.1, 0.15) is 50.2 Å². The van der Waals surface area contributed by atoms with Crippen LogP contribution in [0.5, 0.6) is 0 Å². The number of amides is 2. The van der Waals surface area contributed by atoms with Crippen molar-refractivity contribution in [3.8, 4) is 0 Å². The fourth-order valence-electron chi connectivity index (χ4n) is 5.67. The van der Waals surface area contributed by atoms with Crippen LogP contribution >= 0.6 is 0 Å². The second-order valence-corrected chi connectivity index (χ2v) is 10.1. The summed E-state index contributed by atoms with van der Waals surface area (Å²) in [6, 6.07) is 7.81. The molecule has 0 aromatic heterocycles. The topological polar surface area (TPSA) is 104 Å². The fourth-order valence-corrected chi connectivity index (χ4v) is 5.67. The molecule has 4 rings (SSSR count). The lowest BCUT2D eigenvalue weighted by molar-refractivity contribution is -0.156. The maximum atomic E-state index is 13.4. The normalized spacial score (nSPS) is 30.3. The first kappa shape index (κ1) is 22.5. The standard InChI is InChI=1S/C25H33N3O4/c1-15(2)17-5-4-6-18(11-17)16-7-9-28(10-8-16)23(30)21-19(24(31)32)12-25(14-27(21)3)13-20(25)22(26)29/h4-7,11,15,19-21H,8-10,12-14H2,1-3H3,(H2,26,29)(H,31,32). The van der Waals surface area contributed by atoms with Crippen molar-refractivity contribution in [3.05, 3.63) is 41.5 Å². The lowest BCUT2D eigenvalue weighted by Gasteiger charge is -2.43. The molecule has 1 aromatic carbocycles. The van der Waals surface area contributed by atoms with Crippen LogP contribution in [0.2, 0.25) is 0 Å². The summed E-state index contributed by atoms with van der Waals surface area (Å²) in [4.78, 5) is 40.8. The van der Waals surface area contributed by atoms with E-state index >= 15 is 0 Å². The second-order valence-electron chi connectivity index (χ2n) is 10.1. The number of aliphatic carboxylic acids is 1. The van der Waals surface area contributed by atoms with Crippen LogP contribution in [0.4, 0.5) is 0 Å². The molecule has 1 aromatic rings. The van der Waals surface area contributed by atoms with Gasteiger partial charge in [0.25, 0.3) is 0 Å². The molecule has 2 aliphatic heterocycles. The first-order valence-corrected chi connectivity index (χ1v) is 11.4. The molecule has 7 heteroatoms. The highest BCUT2D eigenvalue weighted by Crippen LogP contribution is 2.59. The zero-order chi connectivity index (χ0) is 23.2. The average Bonchev–Trinajstić information content (AvgIpc) is 3.46. The number of rotatable bonds is 5. The molecule has 4 unspecified atom stereocenters. The number of carbonyl (C=O) groups is 3. The van der Waals surface area contributed by atoms with E-state index in [0.29, 0.717) is 38.4 Å². The summed E-state index contributed by atoms with van der Waals surface area (Å²) in [6.07, 6.45) is 3.77. The van der Waals surface area contributed by atoms with E-state index in [1.165, 1.54) is 16.7 Å². The van der Waals surface area contributed by atoms with Crippen LogP contribution < -0.4 is 5.73 Å². The fraction of sp³-hybridized carbons (Fsp3) is 0.560.